The maximum absolute atomic E-state index is 12.7. The molecule has 1 amide bonds. The predicted molar refractivity (Wildman–Crippen MR) is 119 cm³/mol. The SMILES string of the molecule is COc1ccccc1-c1nnc(SCC(=O)N2CCN(S(=O)(=O)c3ccccc3)CC2)o1. The number of thioether (sulfide) groups is 1. The zero-order valence-electron chi connectivity index (χ0n) is 17.4. The average molecular weight is 475 g/mol. The Balaban J connectivity index is 1.31. The van der Waals surface area contributed by atoms with Crippen molar-refractivity contribution < 1.29 is 22.4 Å². The third kappa shape index (κ3) is 4.79. The molecule has 32 heavy (non-hydrogen) atoms. The lowest BCUT2D eigenvalue weighted by Crippen LogP contribution is -2.50. The van der Waals surface area contributed by atoms with Gasteiger partial charge in [0.15, 0.2) is 0 Å². The van der Waals surface area contributed by atoms with Gasteiger partial charge in [0.05, 0.1) is 23.3 Å². The summed E-state index contributed by atoms with van der Waals surface area (Å²) in [5.41, 5.74) is 0.677. The molecular weight excluding hydrogens is 452 g/mol. The molecule has 2 heterocycles. The molecule has 0 bridgehead atoms. The van der Waals surface area contributed by atoms with Crippen LogP contribution in [0.15, 0.2) is 69.1 Å². The first-order valence-corrected chi connectivity index (χ1v) is 12.3. The molecule has 0 radical (unpaired) electrons. The Bertz CT molecular complexity index is 1180. The fraction of sp³-hybridized carbons (Fsp3) is 0.286. The van der Waals surface area contributed by atoms with Gasteiger partial charge in [-0.1, -0.05) is 42.1 Å². The van der Waals surface area contributed by atoms with Crippen molar-refractivity contribution in [3.05, 3.63) is 54.6 Å². The first-order valence-electron chi connectivity index (χ1n) is 9.91. The number of para-hydroxylation sites is 1. The van der Waals surface area contributed by atoms with Crippen LogP contribution in [0, 0.1) is 0 Å². The lowest BCUT2D eigenvalue weighted by atomic mass is 10.2. The van der Waals surface area contributed by atoms with Gasteiger partial charge in [0.25, 0.3) is 11.1 Å². The Hall–Kier alpha value is -2.89. The van der Waals surface area contributed by atoms with Crippen LogP contribution in [0.25, 0.3) is 11.5 Å². The summed E-state index contributed by atoms with van der Waals surface area (Å²) in [5, 5.41) is 8.31. The first kappa shape index (κ1) is 22.3. The van der Waals surface area contributed by atoms with Crippen LogP contribution in [-0.2, 0) is 14.8 Å². The predicted octanol–water partition coefficient (Wildman–Crippen LogP) is 2.37. The number of aromatic nitrogens is 2. The smallest absolute Gasteiger partial charge is 0.277 e. The second-order valence-corrected chi connectivity index (χ2v) is 9.82. The van der Waals surface area contributed by atoms with Crippen molar-refractivity contribution in [2.75, 3.05) is 39.0 Å². The van der Waals surface area contributed by atoms with E-state index < -0.39 is 10.0 Å². The van der Waals surface area contributed by atoms with Crippen LogP contribution < -0.4 is 4.74 Å². The van der Waals surface area contributed by atoms with Crippen LogP contribution in [-0.4, -0.2) is 72.8 Å². The van der Waals surface area contributed by atoms with E-state index in [-0.39, 0.29) is 34.9 Å². The quantitative estimate of drug-likeness (QED) is 0.481. The summed E-state index contributed by atoms with van der Waals surface area (Å²) in [5.74, 6) is 0.951. The van der Waals surface area contributed by atoms with Gasteiger partial charge in [0.2, 0.25) is 15.9 Å². The third-order valence-corrected chi connectivity index (χ3v) is 7.75. The summed E-state index contributed by atoms with van der Waals surface area (Å²) in [6, 6.07) is 15.6. The molecule has 1 saturated heterocycles. The molecule has 0 atom stereocenters. The molecule has 9 nitrogen and oxygen atoms in total. The molecule has 0 spiro atoms. The van der Waals surface area contributed by atoms with Gasteiger partial charge in [-0.2, -0.15) is 4.31 Å². The molecule has 4 rings (SSSR count). The van der Waals surface area contributed by atoms with E-state index >= 15 is 0 Å². The van der Waals surface area contributed by atoms with Crippen molar-refractivity contribution in [3.8, 4) is 17.2 Å². The van der Waals surface area contributed by atoms with Gasteiger partial charge < -0.3 is 14.1 Å². The number of benzene rings is 2. The van der Waals surface area contributed by atoms with Crippen LogP contribution in [0.2, 0.25) is 0 Å². The number of rotatable bonds is 7. The van der Waals surface area contributed by atoms with Crippen LogP contribution >= 0.6 is 11.8 Å². The molecule has 2 aromatic carbocycles. The molecule has 11 heteroatoms. The van der Waals surface area contributed by atoms with Crippen molar-refractivity contribution in [3.63, 3.8) is 0 Å². The average Bonchev–Trinajstić information content (AvgIpc) is 3.32. The summed E-state index contributed by atoms with van der Waals surface area (Å²) in [6.45, 7) is 1.18. The molecule has 1 aliphatic heterocycles. The van der Waals surface area contributed by atoms with Crippen molar-refractivity contribution >= 4 is 27.7 Å². The lowest BCUT2D eigenvalue weighted by Gasteiger charge is -2.33. The molecule has 0 N–H and O–H groups in total. The largest absolute Gasteiger partial charge is 0.496 e. The van der Waals surface area contributed by atoms with E-state index in [0.717, 1.165) is 11.8 Å². The van der Waals surface area contributed by atoms with E-state index in [1.54, 1.807) is 48.4 Å². The van der Waals surface area contributed by atoms with E-state index in [2.05, 4.69) is 10.2 Å². The Labute approximate surface area is 190 Å². The van der Waals surface area contributed by atoms with Crippen LogP contribution in [0.1, 0.15) is 0 Å². The molecule has 0 saturated carbocycles. The van der Waals surface area contributed by atoms with Gasteiger partial charge in [-0.3, -0.25) is 4.79 Å². The van der Waals surface area contributed by atoms with Gasteiger partial charge in [-0.05, 0) is 24.3 Å². The second kappa shape index (κ2) is 9.72. The number of piperazine rings is 1. The van der Waals surface area contributed by atoms with Gasteiger partial charge in [0.1, 0.15) is 5.75 Å². The van der Waals surface area contributed by atoms with Crippen molar-refractivity contribution in [1.82, 2.24) is 19.4 Å². The van der Waals surface area contributed by atoms with Crippen molar-refractivity contribution in [2.45, 2.75) is 10.1 Å². The maximum Gasteiger partial charge on any atom is 0.277 e. The van der Waals surface area contributed by atoms with E-state index in [9.17, 15) is 13.2 Å². The molecule has 0 unspecified atom stereocenters. The fourth-order valence-corrected chi connectivity index (χ4v) is 5.44. The monoisotopic (exact) mass is 474 g/mol. The fourth-order valence-electron chi connectivity index (χ4n) is 3.33. The minimum absolute atomic E-state index is 0.108. The normalized spacial score (nSPS) is 15.0. The summed E-state index contributed by atoms with van der Waals surface area (Å²) in [4.78, 5) is 14.5. The number of sulfonamides is 1. The summed E-state index contributed by atoms with van der Waals surface area (Å²) in [6.07, 6.45) is 0. The Kier molecular flexibility index (Phi) is 6.77. The molecule has 3 aromatic rings. The number of carbonyl (C=O) groups is 1. The Morgan fingerprint density at radius 3 is 2.44 bits per heavy atom. The topological polar surface area (TPSA) is 106 Å². The summed E-state index contributed by atoms with van der Waals surface area (Å²) >= 11 is 1.15. The first-order chi connectivity index (χ1) is 15.5. The molecule has 1 aromatic heterocycles. The Morgan fingerprint density at radius 2 is 1.72 bits per heavy atom. The molecular formula is C21H22N4O5S2. The third-order valence-electron chi connectivity index (χ3n) is 5.04. The minimum atomic E-state index is -3.55. The zero-order valence-corrected chi connectivity index (χ0v) is 19.0. The number of nitrogens with zero attached hydrogens (tertiary/aromatic N) is 4. The highest BCUT2D eigenvalue weighted by molar-refractivity contribution is 7.99. The minimum Gasteiger partial charge on any atom is -0.496 e. The van der Waals surface area contributed by atoms with E-state index in [0.29, 0.717) is 30.3 Å². The standard InChI is InChI=1S/C21H22N4O5S2/c1-29-18-10-6-5-9-17(18)20-22-23-21(30-20)31-15-19(26)24-11-13-25(14-12-24)32(27,28)16-7-3-2-4-8-16/h2-10H,11-15H2,1H3. The zero-order chi connectivity index (χ0) is 22.6. The summed E-state index contributed by atoms with van der Waals surface area (Å²) < 4.78 is 37.8. The van der Waals surface area contributed by atoms with Gasteiger partial charge >= 0.3 is 0 Å². The molecule has 168 valence electrons. The molecule has 1 aliphatic rings. The number of amides is 1. The second-order valence-electron chi connectivity index (χ2n) is 6.96. The lowest BCUT2D eigenvalue weighted by molar-refractivity contribution is -0.129. The number of methoxy groups -OCH3 is 1. The van der Waals surface area contributed by atoms with Crippen LogP contribution in [0.4, 0.5) is 0 Å². The van der Waals surface area contributed by atoms with Crippen LogP contribution in [0.3, 0.4) is 0 Å². The molecule has 0 aliphatic carbocycles. The van der Waals surface area contributed by atoms with E-state index in [1.807, 2.05) is 18.2 Å². The number of carbonyl (C=O) groups excluding carboxylic acids is 1. The van der Waals surface area contributed by atoms with Gasteiger partial charge in [-0.15, -0.1) is 10.2 Å². The number of ether oxygens (including phenoxy) is 1. The maximum atomic E-state index is 12.7. The van der Waals surface area contributed by atoms with Crippen molar-refractivity contribution in [1.29, 1.82) is 0 Å². The summed E-state index contributed by atoms with van der Waals surface area (Å²) in [7, 11) is -1.99. The molecule has 1 fully saturated rings. The van der Waals surface area contributed by atoms with Gasteiger partial charge in [-0.25, -0.2) is 8.42 Å². The highest BCUT2D eigenvalue weighted by Gasteiger charge is 2.30. The number of hydrogen-bond acceptors (Lipinski definition) is 8. The van der Waals surface area contributed by atoms with Gasteiger partial charge in [0, 0.05) is 26.2 Å². The number of hydrogen-bond donors (Lipinski definition) is 0. The van der Waals surface area contributed by atoms with E-state index in [1.165, 1.54) is 4.31 Å². The van der Waals surface area contributed by atoms with E-state index in [4.69, 9.17) is 9.15 Å². The highest BCUT2D eigenvalue weighted by Crippen LogP contribution is 2.30. The van der Waals surface area contributed by atoms with Crippen molar-refractivity contribution in [2.24, 2.45) is 0 Å². The Morgan fingerprint density at radius 1 is 1.03 bits per heavy atom. The highest BCUT2D eigenvalue weighted by atomic mass is 32.2. The van der Waals surface area contributed by atoms with Crippen LogP contribution in [0.5, 0.6) is 5.75 Å².